The Balaban J connectivity index is 2.49. The van der Waals surface area contributed by atoms with Crippen LogP contribution in [-0.2, 0) is 11.3 Å². The molecule has 0 spiro atoms. The molecule has 1 unspecified atom stereocenters. The molecule has 0 saturated carbocycles. The Bertz CT molecular complexity index is 780. The smallest absolute Gasteiger partial charge is 0.326 e. The maximum Gasteiger partial charge on any atom is 0.326 e. The molecule has 0 aliphatic heterocycles. The summed E-state index contributed by atoms with van der Waals surface area (Å²) in [4.78, 5) is 25.8. The summed E-state index contributed by atoms with van der Waals surface area (Å²) in [6.07, 6.45) is 0. The zero-order valence-corrected chi connectivity index (χ0v) is 15.2. The molecule has 0 aliphatic carbocycles. The monoisotopic (exact) mass is 381 g/mol. The van der Waals surface area contributed by atoms with E-state index in [1.807, 2.05) is 30.3 Å². The molecule has 5 nitrogen and oxygen atoms in total. The normalized spacial score (nSPS) is 11.7. The van der Waals surface area contributed by atoms with E-state index in [-0.39, 0.29) is 27.9 Å². The SMILES string of the molecule is COc1c(Cl)ccc(Cl)c1C(=O)N(Cc1ccccc1)C(C)C(=O)O. The van der Waals surface area contributed by atoms with E-state index in [0.717, 1.165) is 5.56 Å². The van der Waals surface area contributed by atoms with Gasteiger partial charge in [0.2, 0.25) is 0 Å². The molecule has 1 atom stereocenters. The first kappa shape index (κ1) is 19.1. The lowest BCUT2D eigenvalue weighted by molar-refractivity contribution is -0.141. The second-order valence-corrected chi connectivity index (χ2v) is 6.18. The van der Waals surface area contributed by atoms with Gasteiger partial charge in [0.25, 0.3) is 5.91 Å². The maximum absolute atomic E-state index is 13.1. The van der Waals surface area contributed by atoms with Crippen LogP contribution in [0.2, 0.25) is 10.0 Å². The van der Waals surface area contributed by atoms with Crippen molar-refractivity contribution in [2.24, 2.45) is 0 Å². The molecule has 0 radical (unpaired) electrons. The van der Waals surface area contributed by atoms with Crippen molar-refractivity contribution in [2.45, 2.75) is 19.5 Å². The quantitative estimate of drug-likeness (QED) is 0.816. The predicted molar refractivity (Wildman–Crippen MR) is 96.4 cm³/mol. The third-order valence-corrected chi connectivity index (χ3v) is 4.37. The summed E-state index contributed by atoms with van der Waals surface area (Å²) in [5, 5.41) is 9.75. The largest absolute Gasteiger partial charge is 0.494 e. The Morgan fingerprint density at radius 3 is 2.28 bits per heavy atom. The number of methoxy groups -OCH3 is 1. The molecule has 0 fully saturated rings. The standard InChI is InChI=1S/C18H17Cl2NO4/c1-11(18(23)24)21(10-12-6-4-3-5-7-12)17(22)15-13(19)8-9-14(20)16(15)25-2/h3-9,11H,10H2,1-2H3,(H,23,24). The van der Waals surface area contributed by atoms with E-state index in [9.17, 15) is 14.7 Å². The molecule has 0 aromatic heterocycles. The number of nitrogens with zero attached hydrogens (tertiary/aromatic N) is 1. The van der Waals surface area contributed by atoms with Gasteiger partial charge in [0, 0.05) is 6.54 Å². The van der Waals surface area contributed by atoms with Crippen LogP contribution in [-0.4, -0.2) is 35.0 Å². The summed E-state index contributed by atoms with van der Waals surface area (Å²) in [6, 6.07) is 11.0. The second-order valence-electron chi connectivity index (χ2n) is 5.37. The number of aliphatic carboxylic acids is 1. The molecule has 1 N–H and O–H groups in total. The Hall–Kier alpha value is -2.24. The maximum atomic E-state index is 13.1. The van der Waals surface area contributed by atoms with Crippen LogP contribution < -0.4 is 4.74 Å². The predicted octanol–water partition coefficient (Wildman–Crippen LogP) is 4.12. The van der Waals surface area contributed by atoms with Crippen LogP contribution >= 0.6 is 23.2 Å². The van der Waals surface area contributed by atoms with E-state index < -0.39 is 17.9 Å². The van der Waals surface area contributed by atoms with Crippen molar-refractivity contribution in [2.75, 3.05) is 7.11 Å². The van der Waals surface area contributed by atoms with Gasteiger partial charge in [0.1, 0.15) is 11.6 Å². The lowest BCUT2D eigenvalue weighted by Gasteiger charge is -2.28. The van der Waals surface area contributed by atoms with Gasteiger partial charge >= 0.3 is 5.97 Å². The van der Waals surface area contributed by atoms with Gasteiger partial charge in [-0.3, -0.25) is 4.79 Å². The number of carboxylic acids is 1. The van der Waals surface area contributed by atoms with Crippen molar-refractivity contribution in [1.82, 2.24) is 4.90 Å². The van der Waals surface area contributed by atoms with Crippen LogP contribution in [0.25, 0.3) is 0 Å². The molecule has 2 aromatic rings. The number of carbonyl (C=O) groups excluding carboxylic acids is 1. The first-order valence-electron chi connectivity index (χ1n) is 7.46. The van der Waals surface area contributed by atoms with Gasteiger partial charge in [-0.1, -0.05) is 53.5 Å². The highest BCUT2D eigenvalue weighted by Gasteiger charge is 2.30. The van der Waals surface area contributed by atoms with E-state index in [1.54, 1.807) is 0 Å². The molecule has 0 bridgehead atoms. The number of halogens is 2. The summed E-state index contributed by atoms with van der Waals surface area (Å²) >= 11 is 12.3. The lowest BCUT2D eigenvalue weighted by Crippen LogP contribution is -2.43. The average molecular weight is 382 g/mol. The number of carbonyl (C=O) groups is 2. The fourth-order valence-electron chi connectivity index (χ4n) is 2.37. The average Bonchev–Trinajstić information content (AvgIpc) is 2.61. The third kappa shape index (κ3) is 4.24. The molecule has 25 heavy (non-hydrogen) atoms. The van der Waals surface area contributed by atoms with Crippen molar-refractivity contribution < 1.29 is 19.4 Å². The molecular formula is C18H17Cl2NO4. The Morgan fingerprint density at radius 1 is 1.12 bits per heavy atom. The Kier molecular flexibility index (Phi) is 6.28. The van der Waals surface area contributed by atoms with Crippen LogP contribution in [0.4, 0.5) is 0 Å². The number of hydrogen-bond donors (Lipinski definition) is 1. The Labute approximate surface area is 155 Å². The number of ether oxygens (including phenoxy) is 1. The number of hydrogen-bond acceptors (Lipinski definition) is 3. The van der Waals surface area contributed by atoms with Gasteiger partial charge in [0.15, 0.2) is 5.75 Å². The van der Waals surface area contributed by atoms with E-state index in [4.69, 9.17) is 27.9 Å². The molecule has 1 amide bonds. The molecule has 2 rings (SSSR count). The number of rotatable bonds is 6. The molecule has 0 heterocycles. The van der Waals surface area contributed by atoms with Crippen LogP contribution in [0.5, 0.6) is 5.75 Å². The highest BCUT2D eigenvalue weighted by atomic mass is 35.5. The first-order valence-corrected chi connectivity index (χ1v) is 8.22. The van der Waals surface area contributed by atoms with Gasteiger partial charge in [-0.05, 0) is 24.6 Å². The van der Waals surface area contributed by atoms with Gasteiger partial charge in [-0.2, -0.15) is 0 Å². The minimum Gasteiger partial charge on any atom is -0.494 e. The van der Waals surface area contributed by atoms with Crippen LogP contribution in [0.3, 0.4) is 0 Å². The highest BCUT2D eigenvalue weighted by molar-refractivity contribution is 6.37. The second kappa shape index (κ2) is 8.23. The zero-order chi connectivity index (χ0) is 18.6. The molecule has 0 saturated heterocycles. The topological polar surface area (TPSA) is 66.8 Å². The van der Waals surface area contributed by atoms with E-state index in [2.05, 4.69) is 0 Å². The lowest BCUT2D eigenvalue weighted by atomic mass is 10.1. The molecule has 132 valence electrons. The Morgan fingerprint density at radius 2 is 1.72 bits per heavy atom. The number of carboxylic acid groups (broad SMARTS) is 1. The minimum absolute atomic E-state index is 0.0423. The van der Waals surface area contributed by atoms with Crippen LogP contribution in [0, 0.1) is 0 Å². The molecular weight excluding hydrogens is 365 g/mol. The first-order chi connectivity index (χ1) is 11.9. The summed E-state index contributed by atoms with van der Waals surface area (Å²) < 4.78 is 5.21. The van der Waals surface area contributed by atoms with Crippen LogP contribution in [0.15, 0.2) is 42.5 Å². The summed E-state index contributed by atoms with van der Waals surface area (Å²) in [5.74, 6) is -1.57. The van der Waals surface area contributed by atoms with Crippen molar-refractivity contribution in [3.05, 3.63) is 63.6 Å². The summed E-state index contributed by atoms with van der Waals surface area (Å²) in [6.45, 7) is 1.55. The molecule has 7 heteroatoms. The van der Waals surface area contributed by atoms with Crippen molar-refractivity contribution in [1.29, 1.82) is 0 Å². The number of benzene rings is 2. The summed E-state index contributed by atoms with van der Waals surface area (Å²) in [7, 11) is 1.37. The fraction of sp³-hybridized carbons (Fsp3) is 0.222. The van der Waals surface area contributed by atoms with Crippen LogP contribution in [0.1, 0.15) is 22.8 Å². The van der Waals surface area contributed by atoms with Crippen molar-refractivity contribution >= 4 is 35.1 Å². The van der Waals surface area contributed by atoms with Crippen molar-refractivity contribution in [3.8, 4) is 5.75 Å². The van der Waals surface area contributed by atoms with Gasteiger partial charge < -0.3 is 14.7 Å². The van der Waals surface area contributed by atoms with Gasteiger partial charge in [-0.25, -0.2) is 4.79 Å². The molecule has 0 aliphatic rings. The molecule has 2 aromatic carbocycles. The van der Waals surface area contributed by atoms with E-state index >= 15 is 0 Å². The third-order valence-electron chi connectivity index (χ3n) is 3.76. The summed E-state index contributed by atoms with van der Waals surface area (Å²) in [5.41, 5.74) is 0.835. The van der Waals surface area contributed by atoms with Gasteiger partial charge in [-0.15, -0.1) is 0 Å². The van der Waals surface area contributed by atoms with Gasteiger partial charge in [0.05, 0.1) is 17.2 Å². The number of amides is 1. The van der Waals surface area contributed by atoms with E-state index in [1.165, 1.54) is 31.1 Å². The zero-order valence-electron chi connectivity index (χ0n) is 13.7. The highest BCUT2D eigenvalue weighted by Crippen LogP contribution is 2.35. The van der Waals surface area contributed by atoms with E-state index in [0.29, 0.717) is 0 Å². The van der Waals surface area contributed by atoms with Crippen molar-refractivity contribution in [3.63, 3.8) is 0 Å². The minimum atomic E-state index is -1.12. The fourth-order valence-corrected chi connectivity index (χ4v) is 2.84.